The lowest BCUT2D eigenvalue weighted by molar-refractivity contribution is 0.0952. The fourth-order valence-corrected chi connectivity index (χ4v) is 4.27. The van der Waals surface area contributed by atoms with Gasteiger partial charge in [-0.3, -0.25) is 9.48 Å². The van der Waals surface area contributed by atoms with Crippen molar-refractivity contribution in [3.63, 3.8) is 0 Å². The van der Waals surface area contributed by atoms with Gasteiger partial charge < -0.3 is 5.32 Å². The molecule has 0 aliphatic carbocycles. The molecule has 7 heteroatoms. The summed E-state index contributed by atoms with van der Waals surface area (Å²) >= 11 is 0. The predicted molar refractivity (Wildman–Crippen MR) is 133 cm³/mol. The number of rotatable bonds is 5. The van der Waals surface area contributed by atoms with Gasteiger partial charge in [0.25, 0.3) is 5.91 Å². The fraction of sp³-hybridized carbons (Fsp3) is 0.185. The molecule has 0 spiro atoms. The molecule has 0 bridgehead atoms. The third-order valence-corrected chi connectivity index (χ3v) is 6.34. The Kier molecular flexibility index (Phi) is 5.45. The predicted octanol–water partition coefficient (Wildman–Crippen LogP) is 4.68. The highest BCUT2D eigenvalue weighted by Gasteiger charge is 2.18. The van der Waals surface area contributed by atoms with E-state index in [-0.39, 0.29) is 5.91 Å². The molecule has 170 valence electrons. The summed E-state index contributed by atoms with van der Waals surface area (Å²) in [6.45, 7) is 6.38. The maximum atomic E-state index is 13.4. The molecule has 34 heavy (non-hydrogen) atoms. The molecule has 1 amide bonds. The minimum atomic E-state index is -0.146. The summed E-state index contributed by atoms with van der Waals surface area (Å²) in [7, 11) is 1.90. The first kappa shape index (κ1) is 21.6. The number of aryl methyl sites for hydroxylation is 2. The van der Waals surface area contributed by atoms with Gasteiger partial charge in [-0.15, -0.1) is 0 Å². The molecule has 0 saturated carbocycles. The van der Waals surface area contributed by atoms with Crippen molar-refractivity contribution in [2.75, 3.05) is 0 Å². The zero-order valence-electron chi connectivity index (χ0n) is 19.7. The maximum Gasteiger partial charge on any atom is 0.252 e. The van der Waals surface area contributed by atoms with Crippen LogP contribution in [0, 0.1) is 20.8 Å². The highest BCUT2D eigenvalue weighted by Crippen LogP contribution is 2.27. The van der Waals surface area contributed by atoms with Crippen LogP contribution in [0.5, 0.6) is 0 Å². The highest BCUT2D eigenvalue weighted by atomic mass is 16.1. The second kappa shape index (κ2) is 8.59. The maximum absolute atomic E-state index is 13.4. The van der Waals surface area contributed by atoms with Crippen LogP contribution in [0.1, 0.15) is 33.0 Å². The quantitative estimate of drug-likeness (QED) is 0.422. The number of hydrogen-bond donors (Lipinski definition) is 1. The Hall–Kier alpha value is -4.26. The molecule has 0 aliphatic rings. The normalized spacial score (nSPS) is 11.2. The third kappa shape index (κ3) is 3.75. The molecule has 0 saturated heterocycles. The summed E-state index contributed by atoms with van der Waals surface area (Å²) in [5.74, 6) is -0.146. The van der Waals surface area contributed by atoms with Gasteiger partial charge in [0.2, 0.25) is 0 Å². The average molecular weight is 451 g/mol. The van der Waals surface area contributed by atoms with Gasteiger partial charge in [-0.2, -0.15) is 10.2 Å². The Labute approximate surface area is 198 Å². The van der Waals surface area contributed by atoms with Crippen LogP contribution in [-0.2, 0) is 13.6 Å². The topological polar surface area (TPSA) is 77.6 Å². The Balaban J connectivity index is 1.48. The molecule has 2 aromatic carbocycles. The number of nitrogens with zero attached hydrogens (tertiary/aromatic N) is 5. The Morgan fingerprint density at radius 2 is 1.71 bits per heavy atom. The number of benzene rings is 2. The summed E-state index contributed by atoms with van der Waals surface area (Å²) in [4.78, 5) is 18.2. The minimum absolute atomic E-state index is 0.146. The molecule has 0 radical (unpaired) electrons. The second-order valence-electron chi connectivity index (χ2n) is 8.42. The van der Waals surface area contributed by atoms with E-state index in [2.05, 4.69) is 10.4 Å². The first-order valence-corrected chi connectivity index (χ1v) is 11.2. The Morgan fingerprint density at radius 1 is 0.971 bits per heavy atom. The summed E-state index contributed by atoms with van der Waals surface area (Å²) in [5.41, 5.74) is 7.93. The van der Waals surface area contributed by atoms with Crippen LogP contribution >= 0.6 is 0 Å². The molecule has 0 fully saturated rings. The van der Waals surface area contributed by atoms with Gasteiger partial charge in [-0.05, 0) is 45.0 Å². The number of amides is 1. The average Bonchev–Trinajstić information content (AvgIpc) is 3.34. The van der Waals surface area contributed by atoms with Crippen molar-refractivity contribution in [1.82, 2.24) is 29.9 Å². The van der Waals surface area contributed by atoms with E-state index in [1.807, 2.05) is 97.8 Å². The molecule has 0 atom stereocenters. The van der Waals surface area contributed by atoms with Crippen molar-refractivity contribution in [1.29, 1.82) is 0 Å². The molecular weight excluding hydrogens is 424 g/mol. The van der Waals surface area contributed by atoms with Crippen LogP contribution in [0.4, 0.5) is 0 Å². The van der Waals surface area contributed by atoms with Crippen molar-refractivity contribution in [2.45, 2.75) is 27.3 Å². The van der Waals surface area contributed by atoms with E-state index >= 15 is 0 Å². The van der Waals surface area contributed by atoms with Crippen molar-refractivity contribution in [3.8, 4) is 16.9 Å². The van der Waals surface area contributed by atoms with E-state index in [0.717, 1.165) is 50.5 Å². The third-order valence-electron chi connectivity index (χ3n) is 6.34. The van der Waals surface area contributed by atoms with E-state index < -0.39 is 0 Å². The number of para-hydroxylation sites is 2. The van der Waals surface area contributed by atoms with E-state index in [0.29, 0.717) is 12.1 Å². The lowest BCUT2D eigenvalue weighted by Crippen LogP contribution is -2.24. The van der Waals surface area contributed by atoms with E-state index in [9.17, 15) is 4.79 Å². The van der Waals surface area contributed by atoms with Crippen LogP contribution in [0.25, 0.3) is 27.8 Å². The monoisotopic (exact) mass is 450 g/mol. The van der Waals surface area contributed by atoms with Gasteiger partial charge >= 0.3 is 0 Å². The molecule has 7 nitrogen and oxygen atoms in total. The summed E-state index contributed by atoms with van der Waals surface area (Å²) in [5, 5.41) is 13.0. The van der Waals surface area contributed by atoms with Crippen LogP contribution < -0.4 is 5.32 Å². The lowest BCUT2D eigenvalue weighted by Gasteiger charge is -2.11. The molecule has 0 aliphatic heterocycles. The number of nitrogens with one attached hydrogen (secondary N) is 1. The largest absolute Gasteiger partial charge is 0.348 e. The summed E-state index contributed by atoms with van der Waals surface area (Å²) in [6, 6.07) is 19.6. The van der Waals surface area contributed by atoms with Crippen LogP contribution in [-0.4, -0.2) is 30.5 Å². The number of hydrogen-bond acceptors (Lipinski definition) is 4. The Bertz CT molecular complexity index is 1510. The van der Waals surface area contributed by atoms with E-state index in [4.69, 9.17) is 10.1 Å². The first-order chi connectivity index (χ1) is 16.4. The molecular formula is C27H26N6O. The smallest absolute Gasteiger partial charge is 0.252 e. The van der Waals surface area contributed by atoms with Gasteiger partial charge in [0.1, 0.15) is 0 Å². The van der Waals surface area contributed by atoms with E-state index in [1.165, 1.54) is 0 Å². The van der Waals surface area contributed by atoms with Crippen molar-refractivity contribution in [3.05, 3.63) is 95.1 Å². The molecule has 1 N–H and O–H groups in total. The van der Waals surface area contributed by atoms with Crippen molar-refractivity contribution < 1.29 is 4.79 Å². The number of carbonyl (C=O) groups is 1. The van der Waals surface area contributed by atoms with Crippen molar-refractivity contribution >= 4 is 16.8 Å². The van der Waals surface area contributed by atoms with E-state index in [1.54, 1.807) is 6.20 Å². The van der Waals surface area contributed by atoms with Gasteiger partial charge in [-0.25, -0.2) is 9.67 Å². The van der Waals surface area contributed by atoms with Crippen LogP contribution in [0.2, 0.25) is 0 Å². The SMILES string of the molecule is Cc1nn(-c2ccccc2)c(C)c1CNC(=O)c1cc(-c2cnn(C)c2C)nc2ccccc12. The van der Waals surface area contributed by atoms with Gasteiger partial charge in [0.15, 0.2) is 0 Å². The van der Waals surface area contributed by atoms with Crippen molar-refractivity contribution in [2.24, 2.45) is 7.05 Å². The fourth-order valence-electron chi connectivity index (χ4n) is 4.27. The zero-order chi connectivity index (χ0) is 23.8. The first-order valence-electron chi connectivity index (χ1n) is 11.2. The molecule has 5 rings (SSSR count). The summed E-state index contributed by atoms with van der Waals surface area (Å²) < 4.78 is 3.73. The van der Waals surface area contributed by atoms with Crippen LogP contribution in [0.3, 0.4) is 0 Å². The van der Waals surface area contributed by atoms with Gasteiger partial charge in [0.05, 0.1) is 34.4 Å². The van der Waals surface area contributed by atoms with Gasteiger partial charge in [0, 0.05) is 41.5 Å². The zero-order valence-corrected chi connectivity index (χ0v) is 19.7. The number of aromatic nitrogens is 5. The standard InChI is InChI=1S/C27H26N6O/c1-17-23(19(3)33(31-17)20-10-6-5-7-11-20)15-28-27(34)22-14-26(24-16-29-32(4)18(24)2)30-25-13-9-8-12-21(22)25/h5-14,16H,15H2,1-4H3,(H,28,34). The molecule has 3 heterocycles. The number of pyridine rings is 1. The number of carbonyl (C=O) groups excluding carboxylic acids is 1. The second-order valence-corrected chi connectivity index (χ2v) is 8.42. The summed E-state index contributed by atoms with van der Waals surface area (Å²) in [6.07, 6.45) is 1.79. The molecule has 5 aromatic rings. The Morgan fingerprint density at radius 3 is 2.44 bits per heavy atom. The van der Waals surface area contributed by atoms with Crippen LogP contribution in [0.15, 0.2) is 66.9 Å². The van der Waals surface area contributed by atoms with Gasteiger partial charge in [-0.1, -0.05) is 36.4 Å². The highest BCUT2D eigenvalue weighted by molar-refractivity contribution is 6.07. The number of fused-ring (bicyclic) bond motifs is 1. The minimum Gasteiger partial charge on any atom is -0.348 e. The molecule has 0 unspecified atom stereocenters. The molecule has 3 aromatic heterocycles. The lowest BCUT2D eigenvalue weighted by atomic mass is 10.0.